The van der Waals surface area contributed by atoms with Gasteiger partial charge in [-0.2, -0.15) is 0 Å². The number of pyridine rings is 1. The highest BCUT2D eigenvalue weighted by Crippen LogP contribution is 2.30. The molecule has 0 aliphatic carbocycles. The molecule has 0 saturated carbocycles. The third-order valence-corrected chi connectivity index (χ3v) is 8.15. The Morgan fingerprint density at radius 3 is 2.25 bits per heavy atom. The van der Waals surface area contributed by atoms with Gasteiger partial charge in [0.15, 0.2) is 0 Å². The summed E-state index contributed by atoms with van der Waals surface area (Å²) in [4.78, 5) is 37.9. The second-order valence-electron chi connectivity index (χ2n) is 10.8. The molecule has 0 spiro atoms. The lowest BCUT2D eigenvalue weighted by molar-refractivity contribution is -0.143. The molecule has 0 bridgehead atoms. The summed E-state index contributed by atoms with van der Waals surface area (Å²) in [5.74, 6) is 1.13. The maximum atomic E-state index is 14.5. The molecular weight excluding hydrogens is 500 g/mol. The summed E-state index contributed by atoms with van der Waals surface area (Å²) < 4.78 is 5.13. The van der Waals surface area contributed by atoms with Crippen molar-refractivity contribution in [3.05, 3.63) is 96.2 Å². The molecular formula is C33H40N4O3. The van der Waals surface area contributed by atoms with E-state index in [9.17, 15) is 9.59 Å². The van der Waals surface area contributed by atoms with Gasteiger partial charge in [0.05, 0.1) is 18.6 Å². The molecule has 0 N–H and O–H groups in total. The molecule has 7 heteroatoms. The summed E-state index contributed by atoms with van der Waals surface area (Å²) in [6.07, 6.45) is 4.23. The zero-order valence-corrected chi connectivity index (χ0v) is 23.4. The van der Waals surface area contributed by atoms with Crippen molar-refractivity contribution in [3.8, 4) is 0 Å². The number of nitrogens with zero attached hydrogens (tertiary/aromatic N) is 4. The van der Waals surface area contributed by atoms with Crippen molar-refractivity contribution in [3.63, 3.8) is 0 Å². The fourth-order valence-electron chi connectivity index (χ4n) is 6.15. The minimum Gasteiger partial charge on any atom is -0.466 e. The minimum absolute atomic E-state index is 0.0296. The Balaban J connectivity index is 1.35. The van der Waals surface area contributed by atoms with E-state index in [4.69, 9.17) is 4.74 Å². The molecule has 2 aromatic carbocycles. The van der Waals surface area contributed by atoms with Gasteiger partial charge in [-0.3, -0.25) is 9.59 Å². The molecule has 7 nitrogen and oxygen atoms in total. The van der Waals surface area contributed by atoms with E-state index in [0.717, 1.165) is 62.5 Å². The van der Waals surface area contributed by atoms with E-state index in [1.165, 1.54) is 0 Å². The maximum absolute atomic E-state index is 14.5. The molecule has 210 valence electrons. The highest BCUT2D eigenvalue weighted by molar-refractivity contribution is 5.87. The van der Waals surface area contributed by atoms with E-state index in [2.05, 4.69) is 43.9 Å². The number of esters is 1. The number of amides is 1. The number of rotatable bonds is 10. The van der Waals surface area contributed by atoms with Gasteiger partial charge in [0, 0.05) is 45.3 Å². The topological polar surface area (TPSA) is 66.0 Å². The van der Waals surface area contributed by atoms with E-state index in [1.807, 2.05) is 67.7 Å². The number of aromatic nitrogens is 1. The normalized spacial score (nSPS) is 19.6. The first-order valence-corrected chi connectivity index (χ1v) is 14.6. The zero-order chi connectivity index (χ0) is 27.7. The van der Waals surface area contributed by atoms with Crippen molar-refractivity contribution in [1.82, 2.24) is 14.8 Å². The number of hydrogen-bond donors (Lipinski definition) is 0. The number of benzene rings is 2. The van der Waals surface area contributed by atoms with Crippen LogP contribution in [0, 0.1) is 5.92 Å². The maximum Gasteiger partial charge on any atom is 0.305 e. The van der Waals surface area contributed by atoms with E-state index < -0.39 is 0 Å². The van der Waals surface area contributed by atoms with Gasteiger partial charge in [-0.25, -0.2) is 4.98 Å². The number of carbonyl (C=O) groups is 2. The second-order valence-corrected chi connectivity index (χ2v) is 10.8. The number of likely N-dealkylation sites (tertiary alicyclic amines) is 1. The molecule has 2 unspecified atom stereocenters. The summed E-state index contributed by atoms with van der Waals surface area (Å²) in [5.41, 5.74) is 2.04. The van der Waals surface area contributed by atoms with Gasteiger partial charge in [-0.15, -0.1) is 0 Å². The second kappa shape index (κ2) is 13.6. The van der Waals surface area contributed by atoms with Crippen molar-refractivity contribution >= 4 is 17.7 Å². The summed E-state index contributed by atoms with van der Waals surface area (Å²) in [6, 6.07) is 26.3. The first-order valence-electron chi connectivity index (χ1n) is 14.6. The standard InChI is InChI=1S/C33H40N4O3/c1-2-40-31(38)17-16-26-18-20-35(23-26)24-29-25-36(30-15-9-10-19-34-30)21-22-37(29)33(39)32(27-11-5-3-6-12-27)28-13-7-4-8-14-28/h3-15,19,26,29,32H,2,16-18,20-25H2,1H3. The van der Waals surface area contributed by atoms with Crippen molar-refractivity contribution < 1.29 is 14.3 Å². The van der Waals surface area contributed by atoms with Crippen LogP contribution in [0.15, 0.2) is 85.1 Å². The van der Waals surface area contributed by atoms with E-state index in [1.54, 1.807) is 0 Å². The average molecular weight is 541 g/mol. The first kappa shape index (κ1) is 27.8. The summed E-state index contributed by atoms with van der Waals surface area (Å²) in [6.45, 7) is 7.15. The molecule has 0 radical (unpaired) electrons. The van der Waals surface area contributed by atoms with Crippen LogP contribution in [-0.4, -0.2) is 78.6 Å². The lowest BCUT2D eigenvalue weighted by Gasteiger charge is -2.44. The number of piperazine rings is 1. The molecule has 2 aliphatic heterocycles. The lowest BCUT2D eigenvalue weighted by atomic mass is 9.89. The van der Waals surface area contributed by atoms with Gasteiger partial charge in [0.25, 0.3) is 0 Å². The van der Waals surface area contributed by atoms with E-state index in [0.29, 0.717) is 25.5 Å². The highest BCUT2D eigenvalue weighted by Gasteiger charge is 2.37. The summed E-state index contributed by atoms with van der Waals surface area (Å²) >= 11 is 0. The van der Waals surface area contributed by atoms with Crippen LogP contribution < -0.4 is 4.90 Å². The van der Waals surface area contributed by atoms with Crippen LogP contribution in [0.4, 0.5) is 5.82 Å². The first-order chi connectivity index (χ1) is 19.6. The Labute approximate surface area is 237 Å². The molecule has 40 heavy (non-hydrogen) atoms. The number of anilines is 1. The predicted molar refractivity (Wildman–Crippen MR) is 157 cm³/mol. The van der Waals surface area contributed by atoms with E-state index in [-0.39, 0.29) is 23.8 Å². The van der Waals surface area contributed by atoms with Crippen LogP contribution in [0.1, 0.15) is 43.2 Å². The number of hydrogen-bond acceptors (Lipinski definition) is 6. The molecule has 1 aromatic heterocycles. The molecule has 2 aliphatic rings. The van der Waals surface area contributed by atoms with Crippen LogP contribution >= 0.6 is 0 Å². The molecule has 2 atom stereocenters. The lowest BCUT2D eigenvalue weighted by Crippen LogP contribution is -2.59. The van der Waals surface area contributed by atoms with Gasteiger partial charge in [0.2, 0.25) is 5.91 Å². The van der Waals surface area contributed by atoms with Crippen LogP contribution in [0.2, 0.25) is 0 Å². The van der Waals surface area contributed by atoms with Crippen LogP contribution in [-0.2, 0) is 14.3 Å². The summed E-state index contributed by atoms with van der Waals surface area (Å²) in [5, 5.41) is 0. The Morgan fingerprint density at radius 1 is 0.900 bits per heavy atom. The van der Waals surface area contributed by atoms with Gasteiger partial charge < -0.3 is 19.4 Å². The molecule has 1 amide bonds. The highest BCUT2D eigenvalue weighted by atomic mass is 16.5. The Hall–Kier alpha value is -3.71. The fourth-order valence-corrected chi connectivity index (χ4v) is 6.15. The van der Waals surface area contributed by atoms with E-state index >= 15 is 0 Å². The monoisotopic (exact) mass is 540 g/mol. The van der Waals surface area contributed by atoms with Gasteiger partial charge in [0.1, 0.15) is 5.82 Å². The Bertz CT molecular complexity index is 1180. The summed E-state index contributed by atoms with van der Waals surface area (Å²) in [7, 11) is 0. The van der Waals surface area contributed by atoms with Gasteiger partial charge in [-0.05, 0) is 55.5 Å². The SMILES string of the molecule is CCOC(=O)CCC1CCN(CC2CN(c3ccccn3)CCN2C(=O)C(c2ccccc2)c2ccccc2)C1. The Morgan fingerprint density at radius 2 is 1.60 bits per heavy atom. The average Bonchev–Trinajstić information content (AvgIpc) is 3.45. The zero-order valence-electron chi connectivity index (χ0n) is 23.4. The number of carbonyl (C=O) groups excluding carboxylic acids is 2. The Kier molecular flexibility index (Phi) is 9.45. The molecule has 5 rings (SSSR count). The molecule has 2 saturated heterocycles. The number of ether oxygens (including phenoxy) is 1. The largest absolute Gasteiger partial charge is 0.466 e. The molecule has 3 heterocycles. The van der Waals surface area contributed by atoms with Crippen LogP contribution in [0.3, 0.4) is 0 Å². The van der Waals surface area contributed by atoms with Crippen molar-refractivity contribution in [1.29, 1.82) is 0 Å². The molecule has 3 aromatic rings. The van der Waals surface area contributed by atoms with Crippen LogP contribution in [0.25, 0.3) is 0 Å². The van der Waals surface area contributed by atoms with Crippen molar-refractivity contribution in [2.75, 3.05) is 50.8 Å². The van der Waals surface area contributed by atoms with Gasteiger partial charge in [-0.1, -0.05) is 66.7 Å². The van der Waals surface area contributed by atoms with Crippen LogP contribution in [0.5, 0.6) is 0 Å². The van der Waals surface area contributed by atoms with Crippen molar-refractivity contribution in [2.24, 2.45) is 5.92 Å². The minimum atomic E-state index is -0.345. The van der Waals surface area contributed by atoms with Gasteiger partial charge >= 0.3 is 5.97 Å². The fraction of sp³-hybridized carbons (Fsp3) is 0.424. The molecule has 2 fully saturated rings. The third kappa shape index (κ3) is 6.89. The third-order valence-electron chi connectivity index (χ3n) is 8.15. The quantitative estimate of drug-likeness (QED) is 0.351. The predicted octanol–water partition coefficient (Wildman–Crippen LogP) is 4.60. The smallest absolute Gasteiger partial charge is 0.305 e. The van der Waals surface area contributed by atoms with Crippen molar-refractivity contribution in [2.45, 2.75) is 38.1 Å².